The lowest BCUT2D eigenvalue weighted by atomic mass is 10.0. The van der Waals surface area contributed by atoms with Gasteiger partial charge in [0.05, 0.1) is 5.71 Å². The second-order valence-corrected chi connectivity index (χ2v) is 7.82. The first-order valence-electron chi connectivity index (χ1n) is 10.2. The van der Waals surface area contributed by atoms with Crippen LogP contribution in [0.15, 0.2) is 59.0 Å². The molecule has 0 saturated heterocycles. The summed E-state index contributed by atoms with van der Waals surface area (Å²) in [5.74, 6) is -0.0948. The van der Waals surface area contributed by atoms with Gasteiger partial charge in [-0.3, -0.25) is 15.6 Å². The molecule has 0 aliphatic heterocycles. The molecular formula is C22H29N8OS2+. The van der Waals surface area contributed by atoms with Crippen molar-refractivity contribution >= 4 is 52.0 Å². The normalized spacial score (nSPS) is 11.4. The monoisotopic (exact) mass is 485 g/mol. The summed E-state index contributed by atoms with van der Waals surface area (Å²) in [6.07, 6.45) is 4.38. The van der Waals surface area contributed by atoms with Crippen LogP contribution in [0.25, 0.3) is 0 Å². The largest absolute Gasteiger partial charge is 0.364 e. The molecule has 5 N–H and O–H groups in total. The SMILES string of the molecule is CNC(=S)N/N=C(\C(C)=N\NC(=S)NC)c1ccc(CCNC(=O)c2ccc[n+](C)c2)cc1. The van der Waals surface area contributed by atoms with Gasteiger partial charge in [0.15, 0.2) is 22.6 Å². The fourth-order valence-electron chi connectivity index (χ4n) is 2.73. The maximum Gasteiger partial charge on any atom is 0.257 e. The number of hydrogen-bond donors (Lipinski definition) is 5. The third-order valence-electron chi connectivity index (χ3n) is 4.52. The smallest absolute Gasteiger partial charge is 0.257 e. The molecule has 1 aromatic carbocycles. The Morgan fingerprint density at radius 1 is 0.970 bits per heavy atom. The molecule has 0 spiro atoms. The first kappa shape index (κ1) is 25.8. The van der Waals surface area contributed by atoms with E-state index < -0.39 is 0 Å². The Morgan fingerprint density at radius 3 is 2.21 bits per heavy atom. The highest BCUT2D eigenvalue weighted by Gasteiger charge is 2.11. The highest BCUT2D eigenvalue weighted by atomic mass is 32.1. The van der Waals surface area contributed by atoms with E-state index in [2.05, 4.69) is 37.0 Å². The van der Waals surface area contributed by atoms with E-state index in [-0.39, 0.29) is 5.91 Å². The molecule has 1 aromatic heterocycles. The van der Waals surface area contributed by atoms with Gasteiger partial charge >= 0.3 is 0 Å². The number of aryl methyl sites for hydroxylation is 1. The number of hydrazone groups is 2. The van der Waals surface area contributed by atoms with Crippen molar-refractivity contribution in [1.29, 1.82) is 0 Å². The Kier molecular flexibility index (Phi) is 10.3. The van der Waals surface area contributed by atoms with E-state index in [0.717, 1.165) is 11.1 Å². The van der Waals surface area contributed by atoms with Crippen LogP contribution in [0.5, 0.6) is 0 Å². The van der Waals surface area contributed by atoms with Crippen LogP contribution in [0, 0.1) is 0 Å². The van der Waals surface area contributed by atoms with Crippen molar-refractivity contribution in [3.05, 3.63) is 65.5 Å². The fourth-order valence-corrected chi connectivity index (χ4v) is 2.83. The van der Waals surface area contributed by atoms with Crippen LogP contribution in [-0.4, -0.2) is 48.2 Å². The van der Waals surface area contributed by atoms with E-state index in [0.29, 0.717) is 40.2 Å². The number of carbonyl (C=O) groups is 1. The number of rotatable bonds is 8. The molecule has 0 radical (unpaired) electrons. The van der Waals surface area contributed by atoms with Crippen molar-refractivity contribution in [2.45, 2.75) is 13.3 Å². The molecule has 0 bridgehead atoms. The standard InChI is InChI=1S/C22H28N8OS2/c1-15(26-28-21(32)23-2)19(27-29-22(33)24-3)17-9-7-16(8-10-17)11-12-25-20(31)18-6-5-13-30(4)14-18/h5-10,13-14H,11-12H2,1-4H3,(H4-,23,24,25,26,27,28,29,31,32,33)/p+1. The van der Waals surface area contributed by atoms with Crippen LogP contribution in [0.3, 0.4) is 0 Å². The summed E-state index contributed by atoms with van der Waals surface area (Å²) in [4.78, 5) is 12.3. The van der Waals surface area contributed by atoms with Crippen LogP contribution >= 0.6 is 24.4 Å². The molecule has 9 nitrogen and oxygen atoms in total. The fraction of sp³-hybridized carbons (Fsp3) is 0.273. The molecule has 0 atom stereocenters. The zero-order valence-corrected chi connectivity index (χ0v) is 20.7. The van der Waals surface area contributed by atoms with Crippen LogP contribution in [0.4, 0.5) is 0 Å². The topological polar surface area (TPSA) is 106 Å². The van der Waals surface area contributed by atoms with E-state index in [1.54, 1.807) is 26.4 Å². The first-order chi connectivity index (χ1) is 15.8. The molecule has 0 saturated carbocycles. The van der Waals surface area contributed by atoms with Crippen molar-refractivity contribution in [3.63, 3.8) is 0 Å². The Balaban J connectivity index is 2.06. The predicted octanol–water partition coefficient (Wildman–Crippen LogP) is 0.751. The minimum absolute atomic E-state index is 0.0948. The zero-order chi connectivity index (χ0) is 24.2. The summed E-state index contributed by atoms with van der Waals surface area (Å²) in [5, 5.41) is 18.0. The number of amides is 1. The zero-order valence-electron chi connectivity index (χ0n) is 19.1. The van der Waals surface area contributed by atoms with Crippen LogP contribution in [0.2, 0.25) is 0 Å². The number of pyridine rings is 1. The molecule has 0 aliphatic carbocycles. The second kappa shape index (κ2) is 13.2. The molecule has 1 amide bonds. The molecule has 174 valence electrons. The molecule has 0 aliphatic rings. The van der Waals surface area contributed by atoms with Crippen molar-refractivity contribution in [3.8, 4) is 0 Å². The minimum Gasteiger partial charge on any atom is -0.364 e. The van der Waals surface area contributed by atoms with Gasteiger partial charge in [-0.1, -0.05) is 24.3 Å². The highest BCUT2D eigenvalue weighted by Crippen LogP contribution is 2.08. The number of hydrogen-bond acceptors (Lipinski definition) is 5. The van der Waals surface area contributed by atoms with Crippen LogP contribution < -0.4 is 31.4 Å². The summed E-state index contributed by atoms with van der Waals surface area (Å²) in [6, 6.07) is 11.5. The second-order valence-electron chi connectivity index (χ2n) is 7.00. The number of nitrogens with zero attached hydrogens (tertiary/aromatic N) is 3. The van der Waals surface area contributed by atoms with Crippen molar-refractivity contribution in [2.24, 2.45) is 17.3 Å². The van der Waals surface area contributed by atoms with Gasteiger partial charge in [0.1, 0.15) is 18.3 Å². The van der Waals surface area contributed by atoms with E-state index in [1.165, 1.54) is 0 Å². The maximum absolute atomic E-state index is 12.3. The Hall–Kier alpha value is -3.44. The van der Waals surface area contributed by atoms with E-state index in [1.807, 2.05) is 55.1 Å². The minimum atomic E-state index is -0.0948. The Labute approximate surface area is 204 Å². The molecule has 2 aromatic rings. The van der Waals surface area contributed by atoms with Gasteiger partial charge in [-0.2, -0.15) is 10.2 Å². The van der Waals surface area contributed by atoms with Gasteiger partial charge in [-0.05, 0) is 49.4 Å². The Bertz CT molecular complexity index is 1050. The third kappa shape index (κ3) is 8.54. The lowest BCUT2D eigenvalue weighted by molar-refractivity contribution is -0.671. The van der Waals surface area contributed by atoms with Gasteiger partial charge in [0, 0.05) is 32.3 Å². The lowest BCUT2D eigenvalue weighted by Gasteiger charge is -2.10. The third-order valence-corrected chi connectivity index (χ3v) is 5.11. The number of aromatic nitrogens is 1. The van der Waals surface area contributed by atoms with E-state index in [9.17, 15) is 4.79 Å². The van der Waals surface area contributed by atoms with Crippen LogP contribution in [-0.2, 0) is 13.5 Å². The molecule has 2 rings (SSSR count). The van der Waals surface area contributed by atoms with Crippen molar-refractivity contribution in [2.75, 3.05) is 20.6 Å². The Morgan fingerprint density at radius 2 is 1.61 bits per heavy atom. The average molecular weight is 486 g/mol. The molecule has 0 fully saturated rings. The number of benzene rings is 1. The molecule has 11 heteroatoms. The summed E-state index contributed by atoms with van der Waals surface area (Å²) in [7, 11) is 5.31. The van der Waals surface area contributed by atoms with Gasteiger partial charge in [0.2, 0.25) is 0 Å². The first-order valence-corrected chi connectivity index (χ1v) is 11.1. The summed E-state index contributed by atoms with van der Waals surface area (Å²) in [6.45, 7) is 2.35. The predicted molar refractivity (Wildman–Crippen MR) is 139 cm³/mol. The summed E-state index contributed by atoms with van der Waals surface area (Å²) in [5.41, 5.74) is 9.35. The average Bonchev–Trinajstić information content (AvgIpc) is 2.83. The van der Waals surface area contributed by atoms with Gasteiger partial charge in [0.25, 0.3) is 5.91 Å². The van der Waals surface area contributed by atoms with Gasteiger partial charge < -0.3 is 16.0 Å². The van der Waals surface area contributed by atoms with E-state index in [4.69, 9.17) is 24.4 Å². The molecule has 0 unspecified atom stereocenters. The number of carbonyl (C=O) groups excluding carboxylic acids is 1. The van der Waals surface area contributed by atoms with E-state index >= 15 is 0 Å². The summed E-state index contributed by atoms with van der Waals surface area (Å²) >= 11 is 10.2. The van der Waals surface area contributed by atoms with Crippen molar-refractivity contribution < 1.29 is 9.36 Å². The molecule has 1 heterocycles. The van der Waals surface area contributed by atoms with Crippen LogP contribution in [0.1, 0.15) is 28.4 Å². The lowest BCUT2D eigenvalue weighted by Crippen LogP contribution is -2.32. The summed E-state index contributed by atoms with van der Waals surface area (Å²) < 4.78 is 1.85. The number of nitrogens with one attached hydrogen (secondary N) is 5. The maximum atomic E-state index is 12.3. The number of thiocarbonyl (C=S) groups is 2. The highest BCUT2D eigenvalue weighted by molar-refractivity contribution is 7.80. The quantitative estimate of drug-likeness (QED) is 0.163. The molecule has 33 heavy (non-hydrogen) atoms. The van der Waals surface area contributed by atoms with Gasteiger partial charge in [-0.15, -0.1) is 0 Å². The van der Waals surface area contributed by atoms with Gasteiger partial charge in [-0.25, -0.2) is 4.57 Å². The molecular weight excluding hydrogens is 456 g/mol. The van der Waals surface area contributed by atoms with Crippen molar-refractivity contribution in [1.82, 2.24) is 26.8 Å².